The monoisotopic (exact) mass is 317 g/mol. The first-order valence-corrected chi connectivity index (χ1v) is 8.48. The summed E-state index contributed by atoms with van der Waals surface area (Å²) in [6, 6.07) is 9.86. The standard InChI is InChI=1S/C19H27NO3/c1-14(2)15(3)20-17(21)13-23-18(22)19(11-7-8-12-19)16-9-5-4-6-10-16/h4-6,9-10,14-15H,7-8,11-13H2,1-3H3,(H,20,21)/t15-/m1/s1. The number of carbonyl (C=O) groups is 2. The molecule has 1 fully saturated rings. The zero-order chi connectivity index (χ0) is 16.9. The molecule has 0 unspecified atom stereocenters. The highest BCUT2D eigenvalue weighted by molar-refractivity contribution is 5.86. The van der Waals surface area contributed by atoms with Crippen molar-refractivity contribution in [3.05, 3.63) is 35.9 Å². The largest absolute Gasteiger partial charge is 0.455 e. The Morgan fingerprint density at radius 2 is 1.74 bits per heavy atom. The van der Waals surface area contributed by atoms with Gasteiger partial charge in [-0.3, -0.25) is 9.59 Å². The van der Waals surface area contributed by atoms with E-state index >= 15 is 0 Å². The molecular weight excluding hydrogens is 290 g/mol. The summed E-state index contributed by atoms with van der Waals surface area (Å²) in [5.41, 5.74) is 0.420. The molecule has 126 valence electrons. The second-order valence-electron chi connectivity index (χ2n) is 6.83. The van der Waals surface area contributed by atoms with Crippen LogP contribution in [-0.2, 0) is 19.7 Å². The number of rotatable bonds is 6. The Labute approximate surface area is 138 Å². The summed E-state index contributed by atoms with van der Waals surface area (Å²) in [6.45, 7) is 5.83. The van der Waals surface area contributed by atoms with Crippen molar-refractivity contribution in [2.75, 3.05) is 6.61 Å². The third-order valence-corrected chi connectivity index (χ3v) is 4.90. The van der Waals surface area contributed by atoms with Gasteiger partial charge in [-0.25, -0.2) is 0 Å². The highest BCUT2D eigenvalue weighted by atomic mass is 16.5. The maximum Gasteiger partial charge on any atom is 0.317 e. The number of amides is 1. The van der Waals surface area contributed by atoms with Gasteiger partial charge in [0.25, 0.3) is 5.91 Å². The molecule has 0 aromatic heterocycles. The van der Waals surface area contributed by atoms with Crippen LogP contribution in [0.2, 0.25) is 0 Å². The summed E-state index contributed by atoms with van der Waals surface area (Å²) < 4.78 is 5.38. The molecule has 2 rings (SSSR count). The van der Waals surface area contributed by atoms with Crippen LogP contribution in [0.15, 0.2) is 30.3 Å². The van der Waals surface area contributed by atoms with E-state index in [9.17, 15) is 9.59 Å². The van der Waals surface area contributed by atoms with Gasteiger partial charge in [0.15, 0.2) is 6.61 Å². The molecule has 1 aromatic carbocycles. The molecule has 1 amide bonds. The van der Waals surface area contributed by atoms with Gasteiger partial charge in [0.2, 0.25) is 0 Å². The fourth-order valence-corrected chi connectivity index (χ4v) is 3.08. The predicted octanol–water partition coefficient (Wildman–Crippen LogP) is 3.20. The van der Waals surface area contributed by atoms with Crippen molar-refractivity contribution in [2.24, 2.45) is 5.92 Å². The Hall–Kier alpha value is -1.84. The molecule has 0 aliphatic heterocycles. The van der Waals surface area contributed by atoms with E-state index in [1.807, 2.05) is 51.1 Å². The first-order valence-electron chi connectivity index (χ1n) is 8.48. The number of carbonyl (C=O) groups excluding carboxylic acids is 2. The fourth-order valence-electron chi connectivity index (χ4n) is 3.08. The molecular formula is C19H27NO3. The lowest BCUT2D eigenvalue weighted by molar-refractivity contribution is -0.154. The van der Waals surface area contributed by atoms with Crippen LogP contribution in [0.1, 0.15) is 52.0 Å². The molecule has 4 nitrogen and oxygen atoms in total. The van der Waals surface area contributed by atoms with E-state index in [1.165, 1.54) is 0 Å². The van der Waals surface area contributed by atoms with E-state index < -0.39 is 5.41 Å². The Morgan fingerprint density at radius 3 is 2.30 bits per heavy atom. The third kappa shape index (κ3) is 4.12. The van der Waals surface area contributed by atoms with Crippen molar-refractivity contribution in [3.63, 3.8) is 0 Å². The molecule has 1 saturated carbocycles. The number of hydrogen-bond donors (Lipinski definition) is 1. The van der Waals surface area contributed by atoms with Gasteiger partial charge in [-0.05, 0) is 31.2 Å². The number of nitrogens with one attached hydrogen (secondary N) is 1. The van der Waals surface area contributed by atoms with E-state index in [0.29, 0.717) is 5.92 Å². The quantitative estimate of drug-likeness (QED) is 0.820. The Bertz CT molecular complexity index is 533. The normalized spacial score (nSPS) is 17.7. The van der Waals surface area contributed by atoms with Gasteiger partial charge in [-0.15, -0.1) is 0 Å². The lowest BCUT2D eigenvalue weighted by atomic mass is 9.79. The minimum Gasteiger partial charge on any atom is -0.455 e. The molecule has 4 heteroatoms. The van der Waals surface area contributed by atoms with Crippen molar-refractivity contribution in [2.45, 2.75) is 57.9 Å². The maximum absolute atomic E-state index is 12.7. The Balaban J connectivity index is 1.99. The highest BCUT2D eigenvalue weighted by Crippen LogP contribution is 2.42. The third-order valence-electron chi connectivity index (χ3n) is 4.90. The van der Waals surface area contributed by atoms with Crippen molar-refractivity contribution < 1.29 is 14.3 Å². The summed E-state index contributed by atoms with van der Waals surface area (Å²) in [5, 5.41) is 2.86. The Kier molecular flexibility index (Phi) is 5.80. The number of esters is 1. The molecule has 1 atom stereocenters. The van der Waals surface area contributed by atoms with E-state index in [1.54, 1.807) is 0 Å². The molecule has 23 heavy (non-hydrogen) atoms. The molecule has 1 aliphatic carbocycles. The summed E-state index contributed by atoms with van der Waals surface area (Å²) in [7, 11) is 0. The number of ether oxygens (including phenoxy) is 1. The maximum atomic E-state index is 12.7. The summed E-state index contributed by atoms with van der Waals surface area (Å²) in [5.74, 6) is -0.158. The fraction of sp³-hybridized carbons (Fsp3) is 0.579. The lowest BCUT2D eigenvalue weighted by Gasteiger charge is -2.27. The second-order valence-corrected chi connectivity index (χ2v) is 6.83. The van der Waals surface area contributed by atoms with Crippen LogP contribution < -0.4 is 5.32 Å². The van der Waals surface area contributed by atoms with Gasteiger partial charge in [0.05, 0.1) is 5.41 Å². The number of hydrogen-bond acceptors (Lipinski definition) is 3. The minimum atomic E-state index is -0.578. The van der Waals surface area contributed by atoms with Gasteiger partial charge < -0.3 is 10.1 Å². The SMILES string of the molecule is CC(C)[C@@H](C)NC(=O)COC(=O)C1(c2ccccc2)CCCC1. The summed E-state index contributed by atoms with van der Waals surface area (Å²) in [4.78, 5) is 24.6. The molecule has 0 heterocycles. The van der Waals surface area contributed by atoms with Crippen molar-refractivity contribution in [3.8, 4) is 0 Å². The zero-order valence-electron chi connectivity index (χ0n) is 14.3. The lowest BCUT2D eigenvalue weighted by Crippen LogP contribution is -2.41. The van der Waals surface area contributed by atoms with Gasteiger partial charge in [-0.2, -0.15) is 0 Å². The zero-order valence-corrected chi connectivity index (χ0v) is 14.3. The van der Waals surface area contributed by atoms with Gasteiger partial charge in [-0.1, -0.05) is 57.0 Å². The average Bonchev–Trinajstić information content (AvgIpc) is 3.04. The Morgan fingerprint density at radius 1 is 1.13 bits per heavy atom. The van der Waals surface area contributed by atoms with Crippen LogP contribution in [0.5, 0.6) is 0 Å². The molecule has 0 spiro atoms. The van der Waals surface area contributed by atoms with Gasteiger partial charge >= 0.3 is 5.97 Å². The van der Waals surface area contributed by atoms with Crippen molar-refractivity contribution in [1.29, 1.82) is 0 Å². The molecule has 0 radical (unpaired) electrons. The molecule has 1 N–H and O–H groups in total. The van der Waals surface area contributed by atoms with Crippen LogP contribution in [0, 0.1) is 5.92 Å². The number of benzene rings is 1. The van der Waals surface area contributed by atoms with Crippen LogP contribution in [0.4, 0.5) is 0 Å². The van der Waals surface area contributed by atoms with E-state index in [0.717, 1.165) is 31.2 Å². The van der Waals surface area contributed by atoms with Gasteiger partial charge in [0, 0.05) is 6.04 Å². The second kappa shape index (κ2) is 7.62. The molecule has 1 aromatic rings. The molecule has 0 saturated heterocycles. The average molecular weight is 317 g/mol. The van der Waals surface area contributed by atoms with Gasteiger partial charge in [0.1, 0.15) is 0 Å². The topological polar surface area (TPSA) is 55.4 Å². The molecule has 1 aliphatic rings. The minimum absolute atomic E-state index is 0.0655. The van der Waals surface area contributed by atoms with Crippen LogP contribution in [0.3, 0.4) is 0 Å². The summed E-state index contributed by atoms with van der Waals surface area (Å²) >= 11 is 0. The van der Waals surface area contributed by atoms with Crippen LogP contribution in [0.25, 0.3) is 0 Å². The molecule has 0 bridgehead atoms. The van der Waals surface area contributed by atoms with E-state index in [2.05, 4.69) is 5.32 Å². The first-order chi connectivity index (χ1) is 11.0. The van der Waals surface area contributed by atoms with Crippen molar-refractivity contribution >= 4 is 11.9 Å². The summed E-state index contributed by atoms with van der Waals surface area (Å²) in [6.07, 6.45) is 3.61. The van der Waals surface area contributed by atoms with Crippen molar-refractivity contribution in [1.82, 2.24) is 5.32 Å². The van der Waals surface area contributed by atoms with E-state index in [-0.39, 0.29) is 24.5 Å². The van der Waals surface area contributed by atoms with Crippen LogP contribution >= 0.6 is 0 Å². The highest BCUT2D eigenvalue weighted by Gasteiger charge is 2.44. The van der Waals surface area contributed by atoms with E-state index in [4.69, 9.17) is 4.74 Å². The predicted molar refractivity (Wildman–Crippen MR) is 90.0 cm³/mol. The first kappa shape index (κ1) is 17.5. The van der Waals surface area contributed by atoms with Crippen LogP contribution in [-0.4, -0.2) is 24.5 Å². The smallest absolute Gasteiger partial charge is 0.317 e.